The number of rotatable bonds is 4. The minimum absolute atomic E-state index is 0.147. The van der Waals surface area contributed by atoms with Gasteiger partial charge in [0, 0.05) is 17.0 Å². The second-order valence-corrected chi connectivity index (χ2v) is 6.60. The van der Waals surface area contributed by atoms with Crippen molar-refractivity contribution in [3.8, 4) is 0 Å². The molecule has 2 atom stereocenters. The van der Waals surface area contributed by atoms with Crippen molar-refractivity contribution in [2.45, 2.75) is 38.6 Å². The Morgan fingerprint density at radius 2 is 2.29 bits per heavy atom. The molecule has 1 saturated carbocycles. The first-order valence-electron chi connectivity index (χ1n) is 5.84. The molecule has 4 nitrogen and oxygen atoms in total. The maximum atomic E-state index is 10.6. The SMILES string of the molecule is CC(C)(C)NCC1CC1c1csc([N+](=O)[O-])c1. The van der Waals surface area contributed by atoms with Crippen LogP contribution in [0.25, 0.3) is 0 Å². The molecule has 1 aromatic rings. The Morgan fingerprint density at radius 3 is 2.82 bits per heavy atom. The van der Waals surface area contributed by atoms with Crippen LogP contribution in [-0.4, -0.2) is 17.0 Å². The van der Waals surface area contributed by atoms with E-state index in [1.54, 1.807) is 6.07 Å². The fraction of sp³-hybridized carbons (Fsp3) is 0.667. The Kier molecular flexibility index (Phi) is 3.23. The molecule has 0 saturated heterocycles. The molecule has 0 amide bonds. The molecule has 0 aromatic carbocycles. The van der Waals surface area contributed by atoms with E-state index in [1.807, 2.05) is 5.38 Å². The average Bonchev–Trinajstić information content (AvgIpc) is 2.81. The van der Waals surface area contributed by atoms with Crippen molar-refractivity contribution in [1.29, 1.82) is 0 Å². The molecule has 5 heteroatoms. The van der Waals surface area contributed by atoms with Gasteiger partial charge in [0.15, 0.2) is 0 Å². The van der Waals surface area contributed by atoms with Gasteiger partial charge in [0.1, 0.15) is 0 Å². The Hall–Kier alpha value is -0.940. The molecule has 2 unspecified atom stereocenters. The lowest BCUT2D eigenvalue weighted by molar-refractivity contribution is -0.380. The zero-order valence-corrected chi connectivity index (χ0v) is 11.2. The lowest BCUT2D eigenvalue weighted by atomic mass is 10.1. The fourth-order valence-corrected chi connectivity index (χ4v) is 2.74. The summed E-state index contributed by atoms with van der Waals surface area (Å²) in [7, 11) is 0. The van der Waals surface area contributed by atoms with E-state index >= 15 is 0 Å². The van der Waals surface area contributed by atoms with Gasteiger partial charge in [-0.2, -0.15) is 0 Å². The van der Waals surface area contributed by atoms with Gasteiger partial charge in [-0.15, -0.1) is 0 Å². The van der Waals surface area contributed by atoms with E-state index in [4.69, 9.17) is 0 Å². The summed E-state index contributed by atoms with van der Waals surface area (Å²) in [6, 6.07) is 1.73. The Balaban J connectivity index is 1.87. The van der Waals surface area contributed by atoms with Gasteiger partial charge in [-0.3, -0.25) is 10.1 Å². The molecule has 0 bridgehead atoms. The summed E-state index contributed by atoms with van der Waals surface area (Å²) in [6.07, 6.45) is 1.15. The van der Waals surface area contributed by atoms with Crippen molar-refractivity contribution in [2.24, 2.45) is 5.92 Å². The number of hydrogen-bond donors (Lipinski definition) is 1. The van der Waals surface area contributed by atoms with Crippen molar-refractivity contribution in [1.82, 2.24) is 5.32 Å². The van der Waals surface area contributed by atoms with Gasteiger partial charge in [-0.1, -0.05) is 11.3 Å². The summed E-state index contributed by atoms with van der Waals surface area (Å²) in [5.41, 5.74) is 1.29. The molecule has 1 N–H and O–H groups in total. The van der Waals surface area contributed by atoms with Gasteiger partial charge in [-0.05, 0) is 51.1 Å². The summed E-state index contributed by atoms with van der Waals surface area (Å²) in [5.74, 6) is 1.17. The molecule has 1 aromatic heterocycles. The van der Waals surface area contributed by atoms with E-state index in [0.29, 0.717) is 11.8 Å². The van der Waals surface area contributed by atoms with Crippen LogP contribution >= 0.6 is 11.3 Å². The third-order valence-electron chi connectivity index (χ3n) is 3.03. The predicted octanol–water partition coefficient (Wildman–Crippen LogP) is 3.15. The quantitative estimate of drug-likeness (QED) is 0.663. The van der Waals surface area contributed by atoms with Gasteiger partial charge in [0.2, 0.25) is 0 Å². The van der Waals surface area contributed by atoms with Crippen molar-refractivity contribution in [3.63, 3.8) is 0 Å². The van der Waals surface area contributed by atoms with E-state index in [1.165, 1.54) is 11.3 Å². The van der Waals surface area contributed by atoms with Crippen LogP contribution < -0.4 is 5.32 Å². The molecule has 94 valence electrons. The normalized spacial score (nSPS) is 23.7. The van der Waals surface area contributed by atoms with Crippen molar-refractivity contribution in [3.05, 3.63) is 27.1 Å². The summed E-state index contributed by atoms with van der Waals surface area (Å²) in [4.78, 5) is 10.3. The molecular weight excluding hydrogens is 236 g/mol. The van der Waals surface area contributed by atoms with Crippen molar-refractivity contribution >= 4 is 16.3 Å². The van der Waals surface area contributed by atoms with Crippen molar-refractivity contribution in [2.75, 3.05) is 6.54 Å². The second kappa shape index (κ2) is 4.38. The molecule has 0 spiro atoms. The first kappa shape index (κ1) is 12.5. The van der Waals surface area contributed by atoms with Crippen LogP contribution in [0.3, 0.4) is 0 Å². The molecule has 1 aliphatic carbocycles. The molecule has 1 aliphatic rings. The molecule has 1 fully saturated rings. The van der Waals surface area contributed by atoms with Crippen LogP contribution in [0.15, 0.2) is 11.4 Å². The number of nitrogens with zero attached hydrogens (tertiary/aromatic N) is 1. The van der Waals surface area contributed by atoms with Gasteiger partial charge in [-0.25, -0.2) is 0 Å². The first-order valence-corrected chi connectivity index (χ1v) is 6.72. The number of hydrogen-bond acceptors (Lipinski definition) is 4. The third-order valence-corrected chi connectivity index (χ3v) is 3.93. The predicted molar refractivity (Wildman–Crippen MR) is 69.6 cm³/mol. The van der Waals surface area contributed by atoms with Gasteiger partial charge < -0.3 is 5.32 Å². The second-order valence-electron chi connectivity index (χ2n) is 5.71. The molecule has 0 aliphatic heterocycles. The van der Waals surface area contributed by atoms with E-state index in [-0.39, 0.29) is 15.5 Å². The van der Waals surface area contributed by atoms with Crippen molar-refractivity contribution < 1.29 is 4.92 Å². The highest BCUT2D eigenvalue weighted by molar-refractivity contribution is 7.13. The largest absolute Gasteiger partial charge is 0.324 e. The summed E-state index contributed by atoms with van der Waals surface area (Å²) < 4.78 is 0. The lowest BCUT2D eigenvalue weighted by Gasteiger charge is -2.20. The smallest absolute Gasteiger partial charge is 0.312 e. The highest BCUT2D eigenvalue weighted by Crippen LogP contribution is 2.49. The van der Waals surface area contributed by atoms with E-state index in [0.717, 1.165) is 18.5 Å². The van der Waals surface area contributed by atoms with Crippen LogP contribution in [0, 0.1) is 16.0 Å². The van der Waals surface area contributed by atoms with Crippen LogP contribution in [-0.2, 0) is 0 Å². The third kappa shape index (κ3) is 3.26. The Labute approximate surface area is 105 Å². The summed E-state index contributed by atoms with van der Waals surface area (Å²) in [6.45, 7) is 7.46. The molecular formula is C12H18N2O2S. The minimum Gasteiger partial charge on any atom is -0.312 e. The van der Waals surface area contributed by atoms with E-state index in [2.05, 4.69) is 26.1 Å². The van der Waals surface area contributed by atoms with E-state index in [9.17, 15) is 10.1 Å². The highest BCUT2D eigenvalue weighted by Gasteiger charge is 2.39. The zero-order chi connectivity index (χ0) is 12.6. The maximum Gasteiger partial charge on any atom is 0.324 e. The Morgan fingerprint density at radius 1 is 1.59 bits per heavy atom. The topological polar surface area (TPSA) is 55.2 Å². The monoisotopic (exact) mass is 254 g/mol. The van der Waals surface area contributed by atoms with E-state index < -0.39 is 0 Å². The van der Waals surface area contributed by atoms with Crippen LogP contribution in [0.4, 0.5) is 5.00 Å². The fourth-order valence-electron chi connectivity index (χ4n) is 1.95. The molecule has 2 rings (SSSR count). The lowest BCUT2D eigenvalue weighted by Crippen LogP contribution is -2.37. The standard InChI is InChI=1S/C12H18N2O2S/c1-12(2,3)13-6-8-4-10(8)9-5-11(14(15)16)17-7-9/h5,7-8,10,13H,4,6H2,1-3H3. The molecule has 0 radical (unpaired) electrons. The minimum atomic E-state index is -0.307. The molecule has 1 heterocycles. The van der Waals surface area contributed by atoms with Gasteiger partial charge in [0.25, 0.3) is 0 Å². The van der Waals surface area contributed by atoms with Gasteiger partial charge in [0.05, 0.1) is 4.92 Å². The summed E-state index contributed by atoms with van der Waals surface area (Å²) >= 11 is 1.23. The Bertz CT molecular complexity index is 422. The number of thiophene rings is 1. The highest BCUT2D eigenvalue weighted by atomic mass is 32.1. The molecule has 17 heavy (non-hydrogen) atoms. The zero-order valence-electron chi connectivity index (χ0n) is 10.4. The van der Waals surface area contributed by atoms with Crippen LogP contribution in [0.2, 0.25) is 0 Å². The maximum absolute atomic E-state index is 10.6. The van der Waals surface area contributed by atoms with Gasteiger partial charge >= 0.3 is 5.00 Å². The first-order chi connectivity index (χ1) is 7.87. The number of nitro groups is 1. The average molecular weight is 254 g/mol. The van der Waals surface area contributed by atoms with Crippen LogP contribution in [0.1, 0.15) is 38.7 Å². The van der Waals surface area contributed by atoms with Crippen LogP contribution in [0.5, 0.6) is 0 Å². The summed E-state index contributed by atoms with van der Waals surface area (Å²) in [5, 5.41) is 16.3. The number of nitrogens with one attached hydrogen (secondary N) is 1.